The third-order valence-corrected chi connectivity index (χ3v) is 3.64. The highest BCUT2D eigenvalue weighted by atomic mass is 35.5. The number of azide groups is 1. The maximum Gasteiger partial charge on any atom is 0.328 e. The van der Waals surface area contributed by atoms with Crippen molar-refractivity contribution in [3.05, 3.63) is 44.3 Å². The minimum atomic E-state index is -1.29. The molecule has 0 bridgehead atoms. The number of hydrogen-bond donors (Lipinski definition) is 2. The lowest BCUT2D eigenvalue weighted by Crippen LogP contribution is -2.47. The summed E-state index contributed by atoms with van der Waals surface area (Å²) >= 11 is 11.7. The number of nitrogens with zero attached hydrogens (tertiary/aromatic N) is 3. The molecule has 0 spiro atoms. The second-order valence-electron chi connectivity index (χ2n) is 4.29. The van der Waals surface area contributed by atoms with Gasteiger partial charge in [0.15, 0.2) is 0 Å². The molecule has 0 aliphatic rings. The van der Waals surface area contributed by atoms with E-state index in [9.17, 15) is 9.90 Å². The molecule has 1 unspecified atom stereocenters. The fraction of sp³-hybridized carbons (Fsp3) is 0.417. The van der Waals surface area contributed by atoms with Gasteiger partial charge in [0.25, 0.3) is 0 Å². The van der Waals surface area contributed by atoms with Crippen LogP contribution < -0.4 is 5.32 Å². The second kappa shape index (κ2) is 7.36. The molecule has 20 heavy (non-hydrogen) atoms. The number of carboxylic acids is 1. The molecule has 0 radical (unpaired) electrons. The van der Waals surface area contributed by atoms with Crippen LogP contribution in [0, 0.1) is 0 Å². The van der Waals surface area contributed by atoms with Crippen molar-refractivity contribution in [2.45, 2.75) is 18.9 Å². The van der Waals surface area contributed by atoms with Crippen molar-refractivity contribution in [1.82, 2.24) is 5.32 Å². The number of aliphatic carboxylic acids is 1. The van der Waals surface area contributed by atoms with Gasteiger partial charge < -0.3 is 5.11 Å². The van der Waals surface area contributed by atoms with E-state index in [1.807, 2.05) is 0 Å². The fourth-order valence-electron chi connectivity index (χ4n) is 1.64. The maximum atomic E-state index is 11.5. The zero-order valence-electron chi connectivity index (χ0n) is 10.8. The molecule has 1 aromatic rings. The lowest BCUT2D eigenvalue weighted by Gasteiger charge is -2.27. The standard InChI is InChI=1S/C12H14Cl2N4O2/c1-12(11(19)20,16-5-2-6-17-18-15)8-3-4-9(13)10(14)7-8/h3-4,7,16H,2,5-6H2,1H3,(H,19,20). The predicted octanol–water partition coefficient (Wildman–Crippen LogP) is 3.58. The Kier molecular flexibility index (Phi) is 6.10. The molecule has 0 amide bonds. The third-order valence-electron chi connectivity index (χ3n) is 2.90. The lowest BCUT2D eigenvalue weighted by atomic mass is 9.92. The molecule has 1 rings (SSSR count). The average molecular weight is 317 g/mol. The minimum Gasteiger partial charge on any atom is -0.480 e. The van der Waals surface area contributed by atoms with Crippen molar-refractivity contribution >= 4 is 29.2 Å². The summed E-state index contributed by atoms with van der Waals surface area (Å²) < 4.78 is 0. The van der Waals surface area contributed by atoms with Crippen molar-refractivity contribution in [3.63, 3.8) is 0 Å². The van der Waals surface area contributed by atoms with E-state index in [0.717, 1.165) is 0 Å². The summed E-state index contributed by atoms with van der Waals surface area (Å²) in [5, 5.41) is 16.4. The van der Waals surface area contributed by atoms with Gasteiger partial charge in [0, 0.05) is 11.5 Å². The molecule has 0 heterocycles. The molecule has 8 heteroatoms. The molecular formula is C12H14Cl2N4O2. The van der Waals surface area contributed by atoms with E-state index < -0.39 is 11.5 Å². The second-order valence-corrected chi connectivity index (χ2v) is 5.11. The van der Waals surface area contributed by atoms with Crippen molar-refractivity contribution in [2.24, 2.45) is 5.11 Å². The quantitative estimate of drug-likeness (QED) is 0.348. The first-order chi connectivity index (χ1) is 9.41. The van der Waals surface area contributed by atoms with Crippen LogP contribution in [0.3, 0.4) is 0 Å². The summed E-state index contributed by atoms with van der Waals surface area (Å²) in [5.41, 5.74) is 7.38. The van der Waals surface area contributed by atoms with E-state index in [2.05, 4.69) is 15.3 Å². The van der Waals surface area contributed by atoms with E-state index in [-0.39, 0.29) is 0 Å². The Morgan fingerprint density at radius 3 is 2.75 bits per heavy atom. The molecule has 2 N–H and O–H groups in total. The van der Waals surface area contributed by atoms with Gasteiger partial charge in [0.1, 0.15) is 5.54 Å². The van der Waals surface area contributed by atoms with Gasteiger partial charge in [-0.1, -0.05) is 34.4 Å². The van der Waals surface area contributed by atoms with Crippen LogP contribution in [0.2, 0.25) is 10.0 Å². The van der Waals surface area contributed by atoms with Gasteiger partial charge in [0.05, 0.1) is 10.0 Å². The number of carboxylic acid groups (broad SMARTS) is 1. The van der Waals surface area contributed by atoms with Gasteiger partial charge in [-0.05, 0) is 43.1 Å². The van der Waals surface area contributed by atoms with Crippen molar-refractivity contribution in [2.75, 3.05) is 13.1 Å². The van der Waals surface area contributed by atoms with Gasteiger partial charge in [0.2, 0.25) is 0 Å². The van der Waals surface area contributed by atoms with E-state index in [1.54, 1.807) is 19.1 Å². The van der Waals surface area contributed by atoms with E-state index in [4.69, 9.17) is 28.7 Å². The molecule has 0 saturated heterocycles. The van der Waals surface area contributed by atoms with Gasteiger partial charge in [-0.25, -0.2) is 4.79 Å². The summed E-state index contributed by atoms with van der Waals surface area (Å²) in [6.45, 7) is 2.24. The third kappa shape index (κ3) is 4.02. The molecule has 6 nitrogen and oxygen atoms in total. The number of rotatable bonds is 7. The Morgan fingerprint density at radius 2 is 2.20 bits per heavy atom. The van der Waals surface area contributed by atoms with Crippen LogP contribution in [0.4, 0.5) is 0 Å². The number of hydrogen-bond acceptors (Lipinski definition) is 3. The van der Waals surface area contributed by atoms with Gasteiger partial charge in [-0.3, -0.25) is 5.32 Å². The highest BCUT2D eigenvalue weighted by Gasteiger charge is 2.34. The Labute approximate surface area is 126 Å². The van der Waals surface area contributed by atoms with Crippen LogP contribution in [-0.2, 0) is 10.3 Å². The molecule has 0 aliphatic heterocycles. The van der Waals surface area contributed by atoms with Crippen LogP contribution in [0.15, 0.2) is 23.3 Å². The van der Waals surface area contributed by atoms with Crippen molar-refractivity contribution in [3.8, 4) is 0 Å². The van der Waals surface area contributed by atoms with E-state index >= 15 is 0 Å². The van der Waals surface area contributed by atoms with Crippen LogP contribution in [0.25, 0.3) is 10.4 Å². The van der Waals surface area contributed by atoms with E-state index in [0.29, 0.717) is 35.1 Å². The van der Waals surface area contributed by atoms with Crippen LogP contribution in [-0.4, -0.2) is 24.2 Å². The molecule has 1 atom stereocenters. The number of benzene rings is 1. The van der Waals surface area contributed by atoms with Crippen LogP contribution in [0.1, 0.15) is 18.9 Å². The Balaban J connectivity index is 2.87. The number of nitrogens with one attached hydrogen (secondary N) is 1. The highest BCUT2D eigenvalue weighted by Crippen LogP contribution is 2.29. The summed E-state index contributed by atoms with van der Waals surface area (Å²) in [5.74, 6) is -1.03. The van der Waals surface area contributed by atoms with Gasteiger partial charge in [-0.2, -0.15) is 0 Å². The van der Waals surface area contributed by atoms with Crippen molar-refractivity contribution in [1.29, 1.82) is 0 Å². The first-order valence-electron chi connectivity index (χ1n) is 5.86. The lowest BCUT2D eigenvalue weighted by molar-refractivity contribution is -0.144. The summed E-state index contributed by atoms with van der Waals surface area (Å²) in [4.78, 5) is 14.2. The zero-order chi connectivity index (χ0) is 15.2. The summed E-state index contributed by atoms with van der Waals surface area (Å²) in [6, 6.07) is 4.70. The molecule has 1 aromatic carbocycles. The highest BCUT2D eigenvalue weighted by molar-refractivity contribution is 6.42. The molecule has 0 aromatic heterocycles. The SMILES string of the molecule is CC(NCCCN=[N+]=[N-])(C(=O)O)c1ccc(Cl)c(Cl)c1. The maximum absolute atomic E-state index is 11.5. The fourth-order valence-corrected chi connectivity index (χ4v) is 1.94. The van der Waals surface area contributed by atoms with Crippen LogP contribution >= 0.6 is 23.2 Å². The zero-order valence-corrected chi connectivity index (χ0v) is 12.3. The molecule has 108 valence electrons. The van der Waals surface area contributed by atoms with Crippen LogP contribution in [0.5, 0.6) is 0 Å². The number of halogens is 2. The monoisotopic (exact) mass is 316 g/mol. The number of carbonyl (C=O) groups is 1. The van der Waals surface area contributed by atoms with Crippen molar-refractivity contribution < 1.29 is 9.90 Å². The van der Waals surface area contributed by atoms with Gasteiger partial charge >= 0.3 is 5.97 Å². The average Bonchev–Trinajstić information content (AvgIpc) is 2.41. The topological polar surface area (TPSA) is 98.1 Å². The Bertz CT molecular complexity index is 546. The summed E-state index contributed by atoms with van der Waals surface area (Å²) in [6.07, 6.45) is 0.536. The minimum absolute atomic E-state index is 0.299. The van der Waals surface area contributed by atoms with E-state index in [1.165, 1.54) is 6.07 Å². The molecular weight excluding hydrogens is 303 g/mol. The summed E-state index contributed by atoms with van der Waals surface area (Å²) in [7, 11) is 0. The first-order valence-corrected chi connectivity index (χ1v) is 6.62. The first kappa shape index (κ1) is 16.6. The smallest absolute Gasteiger partial charge is 0.328 e. The molecule has 0 fully saturated rings. The van der Waals surface area contributed by atoms with Gasteiger partial charge in [-0.15, -0.1) is 0 Å². The largest absolute Gasteiger partial charge is 0.480 e. The molecule has 0 aliphatic carbocycles. The Hall–Kier alpha value is -1.46. The molecule has 0 saturated carbocycles. The Morgan fingerprint density at radius 1 is 1.50 bits per heavy atom. The normalized spacial score (nSPS) is 13.3. The predicted molar refractivity (Wildman–Crippen MR) is 78.1 cm³/mol.